The molecule has 0 bridgehead atoms. The summed E-state index contributed by atoms with van der Waals surface area (Å²) >= 11 is 0. The molecule has 7 nitrogen and oxygen atoms in total. The van der Waals surface area contributed by atoms with Gasteiger partial charge in [0.25, 0.3) is 0 Å². The van der Waals surface area contributed by atoms with Crippen molar-refractivity contribution in [3.8, 4) is 6.07 Å². The SMILES string of the molecule is N#Cc1cnc(NCC2(CO)CCCCC2)c([N+](=O)[O-])c1. The standard InChI is InChI=1S/C14H18N4O3/c15-7-11-6-12(18(20)21)13(16-8-11)17-9-14(10-19)4-2-1-3-5-14/h6,8,19H,1-5,9-10H2,(H,16,17). The largest absolute Gasteiger partial charge is 0.396 e. The first kappa shape index (κ1) is 15.2. The maximum Gasteiger partial charge on any atom is 0.312 e. The van der Waals surface area contributed by atoms with E-state index in [0.717, 1.165) is 32.1 Å². The number of rotatable bonds is 5. The minimum absolute atomic E-state index is 0.0596. The molecule has 0 aliphatic heterocycles. The number of hydrogen-bond acceptors (Lipinski definition) is 6. The number of anilines is 1. The third-order valence-corrected chi connectivity index (χ3v) is 4.07. The Hall–Kier alpha value is -2.20. The van der Waals surface area contributed by atoms with E-state index in [1.54, 1.807) is 0 Å². The number of nitrogens with one attached hydrogen (secondary N) is 1. The third-order valence-electron chi connectivity index (χ3n) is 4.07. The van der Waals surface area contributed by atoms with Crippen LogP contribution in [-0.4, -0.2) is 28.2 Å². The highest BCUT2D eigenvalue weighted by molar-refractivity contribution is 5.58. The Labute approximate surface area is 122 Å². The Bertz CT molecular complexity index is 562. The topological polar surface area (TPSA) is 112 Å². The van der Waals surface area contributed by atoms with Crippen molar-refractivity contribution in [3.05, 3.63) is 27.9 Å². The van der Waals surface area contributed by atoms with Gasteiger partial charge in [-0.2, -0.15) is 5.26 Å². The van der Waals surface area contributed by atoms with Crippen LogP contribution in [0.5, 0.6) is 0 Å². The summed E-state index contributed by atoms with van der Waals surface area (Å²) in [6, 6.07) is 3.05. The first-order chi connectivity index (χ1) is 10.1. The number of nitro groups is 1. The second kappa shape index (κ2) is 6.50. The lowest BCUT2D eigenvalue weighted by Crippen LogP contribution is -2.35. The van der Waals surface area contributed by atoms with Crippen molar-refractivity contribution in [1.29, 1.82) is 5.26 Å². The number of pyridine rings is 1. The molecule has 0 amide bonds. The van der Waals surface area contributed by atoms with Crippen molar-refractivity contribution in [2.24, 2.45) is 5.41 Å². The van der Waals surface area contributed by atoms with Crippen molar-refractivity contribution in [2.75, 3.05) is 18.5 Å². The van der Waals surface area contributed by atoms with E-state index in [-0.39, 0.29) is 29.1 Å². The van der Waals surface area contributed by atoms with Crippen LogP contribution in [0.4, 0.5) is 11.5 Å². The number of nitriles is 1. The van der Waals surface area contributed by atoms with Gasteiger partial charge in [-0.3, -0.25) is 10.1 Å². The molecule has 1 aromatic heterocycles. The number of aromatic nitrogens is 1. The second-order valence-electron chi connectivity index (χ2n) is 5.53. The maximum atomic E-state index is 11.1. The summed E-state index contributed by atoms with van der Waals surface area (Å²) < 4.78 is 0. The van der Waals surface area contributed by atoms with Crippen molar-refractivity contribution in [3.63, 3.8) is 0 Å². The van der Waals surface area contributed by atoms with Crippen LogP contribution in [0.3, 0.4) is 0 Å². The van der Waals surface area contributed by atoms with Crippen molar-refractivity contribution >= 4 is 11.5 Å². The summed E-state index contributed by atoms with van der Waals surface area (Å²) in [6.07, 6.45) is 6.40. The second-order valence-corrected chi connectivity index (χ2v) is 5.53. The fourth-order valence-corrected chi connectivity index (χ4v) is 2.75. The van der Waals surface area contributed by atoms with Crippen LogP contribution >= 0.6 is 0 Å². The van der Waals surface area contributed by atoms with E-state index < -0.39 is 4.92 Å². The van der Waals surface area contributed by atoms with E-state index in [4.69, 9.17) is 5.26 Å². The fourth-order valence-electron chi connectivity index (χ4n) is 2.75. The van der Waals surface area contributed by atoms with Gasteiger partial charge in [-0.1, -0.05) is 19.3 Å². The fraction of sp³-hybridized carbons (Fsp3) is 0.571. The van der Waals surface area contributed by atoms with E-state index in [2.05, 4.69) is 10.3 Å². The lowest BCUT2D eigenvalue weighted by molar-refractivity contribution is -0.384. The molecule has 1 fully saturated rings. The predicted octanol–water partition coefficient (Wildman–Crippen LogP) is 2.22. The van der Waals surface area contributed by atoms with Crippen molar-refractivity contribution in [1.82, 2.24) is 4.98 Å². The Morgan fingerprint density at radius 2 is 2.19 bits per heavy atom. The first-order valence-corrected chi connectivity index (χ1v) is 6.99. The molecular weight excluding hydrogens is 272 g/mol. The van der Waals surface area contributed by atoms with Crippen LogP contribution in [0.25, 0.3) is 0 Å². The highest BCUT2D eigenvalue weighted by Gasteiger charge is 2.32. The Morgan fingerprint density at radius 3 is 2.76 bits per heavy atom. The Morgan fingerprint density at radius 1 is 1.48 bits per heavy atom. The van der Waals surface area contributed by atoms with Crippen LogP contribution in [-0.2, 0) is 0 Å². The molecule has 2 N–H and O–H groups in total. The minimum atomic E-state index is -0.553. The van der Waals surface area contributed by atoms with Gasteiger partial charge in [-0.05, 0) is 12.8 Å². The molecule has 1 aliphatic rings. The van der Waals surface area contributed by atoms with Gasteiger partial charge in [-0.25, -0.2) is 4.98 Å². The zero-order valence-corrected chi connectivity index (χ0v) is 11.7. The Kier molecular flexibility index (Phi) is 4.70. The van der Waals surface area contributed by atoms with Gasteiger partial charge in [0.05, 0.1) is 17.1 Å². The van der Waals surface area contributed by atoms with Crippen LogP contribution in [0, 0.1) is 26.9 Å². The lowest BCUT2D eigenvalue weighted by Gasteiger charge is -2.35. The van der Waals surface area contributed by atoms with E-state index in [1.165, 1.54) is 12.3 Å². The van der Waals surface area contributed by atoms with Gasteiger partial charge in [0, 0.05) is 24.2 Å². The average Bonchev–Trinajstić information content (AvgIpc) is 2.53. The average molecular weight is 290 g/mol. The Balaban J connectivity index is 2.15. The van der Waals surface area contributed by atoms with Gasteiger partial charge >= 0.3 is 5.69 Å². The molecule has 1 aliphatic carbocycles. The van der Waals surface area contributed by atoms with Crippen molar-refractivity contribution < 1.29 is 10.0 Å². The molecular formula is C14H18N4O3. The summed E-state index contributed by atoms with van der Waals surface area (Å²) in [5.41, 5.74) is -0.290. The number of hydrogen-bond donors (Lipinski definition) is 2. The maximum absolute atomic E-state index is 11.1. The van der Waals surface area contributed by atoms with Gasteiger partial charge in [0.2, 0.25) is 5.82 Å². The summed E-state index contributed by atoms with van der Waals surface area (Å²) in [4.78, 5) is 14.5. The molecule has 0 radical (unpaired) electrons. The smallest absolute Gasteiger partial charge is 0.312 e. The molecule has 21 heavy (non-hydrogen) atoms. The molecule has 0 unspecified atom stereocenters. The summed E-state index contributed by atoms with van der Waals surface area (Å²) in [5, 5.41) is 32.5. The van der Waals surface area contributed by atoms with Gasteiger partial charge < -0.3 is 10.4 Å². The predicted molar refractivity (Wildman–Crippen MR) is 76.7 cm³/mol. The monoisotopic (exact) mass is 290 g/mol. The molecule has 0 atom stereocenters. The van der Waals surface area contributed by atoms with Crippen molar-refractivity contribution in [2.45, 2.75) is 32.1 Å². The first-order valence-electron chi connectivity index (χ1n) is 6.99. The quantitative estimate of drug-likeness (QED) is 0.635. The van der Waals surface area contributed by atoms with Gasteiger partial charge in [-0.15, -0.1) is 0 Å². The molecule has 7 heteroatoms. The van der Waals surface area contributed by atoms with Crippen LogP contribution in [0.15, 0.2) is 12.3 Å². The molecule has 1 saturated carbocycles. The van der Waals surface area contributed by atoms with E-state index in [0.29, 0.717) is 6.54 Å². The molecule has 0 spiro atoms. The summed E-state index contributed by atoms with van der Waals surface area (Å²) in [7, 11) is 0. The number of nitrogens with zero attached hydrogens (tertiary/aromatic N) is 3. The zero-order valence-electron chi connectivity index (χ0n) is 11.7. The number of aliphatic hydroxyl groups is 1. The molecule has 2 rings (SSSR count). The van der Waals surface area contributed by atoms with E-state index >= 15 is 0 Å². The lowest BCUT2D eigenvalue weighted by atomic mass is 9.74. The molecule has 1 aromatic rings. The van der Waals surface area contributed by atoms with Gasteiger partial charge in [0.15, 0.2) is 0 Å². The summed E-state index contributed by atoms with van der Waals surface area (Å²) in [6.45, 7) is 0.507. The molecule has 1 heterocycles. The molecule has 0 aromatic carbocycles. The highest BCUT2D eigenvalue weighted by Crippen LogP contribution is 2.36. The highest BCUT2D eigenvalue weighted by atomic mass is 16.6. The molecule has 0 saturated heterocycles. The summed E-state index contributed by atoms with van der Waals surface area (Å²) in [5.74, 6) is 0.150. The normalized spacial score (nSPS) is 17.0. The third kappa shape index (κ3) is 3.47. The van der Waals surface area contributed by atoms with Gasteiger partial charge in [0.1, 0.15) is 6.07 Å². The number of aliphatic hydroxyl groups excluding tert-OH is 1. The molecule has 112 valence electrons. The van der Waals surface area contributed by atoms with E-state index in [9.17, 15) is 15.2 Å². The zero-order chi connectivity index (χ0) is 15.3. The van der Waals surface area contributed by atoms with Crippen LogP contribution in [0.1, 0.15) is 37.7 Å². The van der Waals surface area contributed by atoms with Crippen LogP contribution in [0.2, 0.25) is 0 Å². The minimum Gasteiger partial charge on any atom is -0.396 e. The van der Waals surface area contributed by atoms with E-state index in [1.807, 2.05) is 6.07 Å². The van der Waals surface area contributed by atoms with Crippen LogP contribution < -0.4 is 5.32 Å².